The highest BCUT2D eigenvalue weighted by atomic mass is 79.9. The summed E-state index contributed by atoms with van der Waals surface area (Å²) in [6, 6.07) is 6.51. The largest absolute Gasteiger partial charge is 0.376 e. The van der Waals surface area contributed by atoms with Gasteiger partial charge in [0.05, 0.1) is 16.9 Å². The van der Waals surface area contributed by atoms with Crippen LogP contribution in [0.2, 0.25) is 0 Å². The lowest BCUT2D eigenvalue weighted by atomic mass is 9.93. The monoisotopic (exact) mass is 280 g/mol. The molecule has 2 nitrogen and oxygen atoms in total. The Kier molecular flexibility index (Phi) is 2.39. The van der Waals surface area contributed by atoms with Crippen LogP contribution in [0.4, 0.5) is 11.4 Å². The Labute approximate surface area is 105 Å². The molecule has 0 saturated heterocycles. The lowest BCUT2D eigenvalue weighted by Crippen LogP contribution is -2.49. The van der Waals surface area contributed by atoms with Crippen LogP contribution in [-0.2, 0) is 0 Å². The van der Waals surface area contributed by atoms with Crippen LogP contribution < -0.4 is 10.2 Å². The third kappa shape index (κ3) is 1.61. The molecule has 0 atom stereocenters. The van der Waals surface area contributed by atoms with Crippen molar-refractivity contribution in [2.45, 2.75) is 31.2 Å². The molecule has 0 radical (unpaired) electrons. The molecule has 0 amide bonds. The van der Waals surface area contributed by atoms with E-state index in [4.69, 9.17) is 0 Å². The third-order valence-electron chi connectivity index (χ3n) is 3.87. The summed E-state index contributed by atoms with van der Waals surface area (Å²) >= 11 is 3.54. The van der Waals surface area contributed by atoms with E-state index in [9.17, 15) is 0 Å². The van der Waals surface area contributed by atoms with Gasteiger partial charge in [-0.2, -0.15) is 0 Å². The van der Waals surface area contributed by atoms with Crippen LogP contribution in [-0.4, -0.2) is 19.1 Å². The summed E-state index contributed by atoms with van der Waals surface area (Å²) in [6.45, 7) is 1.14. The zero-order chi connectivity index (χ0) is 11.2. The second-order valence-corrected chi connectivity index (χ2v) is 6.05. The number of anilines is 2. The molecule has 2 aliphatic rings. The van der Waals surface area contributed by atoms with E-state index < -0.39 is 0 Å². The van der Waals surface area contributed by atoms with Gasteiger partial charge >= 0.3 is 0 Å². The minimum Gasteiger partial charge on any atom is -0.376 e. The lowest BCUT2D eigenvalue weighted by molar-refractivity contribution is 0.472. The van der Waals surface area contributed by atoms with Gasteiger partial charge in [-0.15, -0.1) is 0 Å². The van der Waals surface area contributed by atoms with Gasteiger partial charge in [-0.1, -0.05) is 28.8 Å². The first-order valence-electron chi connectivity index (χ1n) is 5.97. The van der Waals surface area contributed by atoms with Crippen molar-refractivity contribution in [3.05, 3.63) is 22.7 Å². The summed E-state index contributed by atoms with van der Waals surface area (Å²) in [6.07, 6.45) is 5.36. The van der Waals surface area contributed by atoms with Gasteiger partial charge in [-0.25, -0.2) is 0 Å². The van der Waals surface area contributed by atoms with Gasteiger partial charge in [-0.3, -0.25) is 0 Å². The number of hydrogen-bond donors (Lipinski definition) is 1. The zero-order valence-electron chi connectivity index (χ0n) is 9.59. The highest BCUT2D eigenvalue weighted by Crippen LogP contribution is 2.42. The van der Waals surface area contributed by atoms with Crippen LogP contribution in [0.15, 0.2) is 22.7 Å². The maximum atomic E-state index is 3.77. The van der Waals surface area contributed by atoms with Gasteiger partial charge in [-0.05, 0) is 31.0 Å². The standard InChI is InChI=1S/C13H17BrN2/c1-16-9-13(6-2-3-7-13)15-11-5-4-10(14)8-12(11)16/h4-5,8,15H,2-3,6-7,9H2,1H3. The molecule has 86 valence electrons. The SMILES string of the molecule is CN1CC2(CCCC2)Nc2ccc(Br)cc21. The second-order valence-electron chi connectivity index (χ2n) is 5.13. The highest BCUT2D eigenvalue weighted by Gasteiger charge is 2.38. The summed E-state index contributed by atoms with van der Waals surface area (Å²) in [7, 11) is 2.20. The normalized spacial score (nSPS) is 22.0. The van der Waals surface area contributed by atoms with Crippen molar-refractivity contribution in [2.75, 3.05) is 23.8 Å². The number of likely N-dealkylation sites (N-methyl/N-ethyl adjacent to an activating group) is 1. The number of nitrogens with zero attached hydrogens (tertiary/aromatic N) is 1. The highest BCUT2D eigenvalue weighted by molar-refractivity contribution is 9.10. The molecule has 1 aliphatic carbocycles. The van der Waals surface area contributed by atoms with E-state index in [0.29, 0.717) is 5.54 Å². The van der Waals surface area contributed by atoms with Crippen LogP contribution in [0.5, 0.6) is 0 Å². The van der Waals surface area contributed by atoms with Gasteiger partial charge in [0.15, 0.2) is 0 Å². The quantitative estimate of drug-likeness (QED) is 0.781. The molecule has 1 aromatic carbocycles. The molecule has 3 rings (SSSR count). The lowest BCUT2D eigenvalue weighted by Gasteiger charge is -2.42. The fraction of sp³-hybridized carbons (Fsp3) is 0.538. The first-order valence-corrected chi connectivity index (χ1v) is 6.77. The number of fused-ring (bicyclic) bond motifs is 1. The van der Waals surface area contributed by atoms with Crippen molar-refractivity contribution >= 4 is 27.3 Å². The van der Waals surface area contributed by atoms with Crippen molar-refractivity contribution in [3.63, 3.8) is 0 Å². The molecule has 1 spiro atoms. The molecule has 0 unspecified atom stereocenters. The molecular weight excluding hydrogens is 264 g/mol. The number of nitrogens with one attached hydrogen (secondary N) is 1. The summed E-state index contributed by atoms with van der Waals surface area (Å²) in [5.74, 6) is 0. The number of hydrogen-bond acceptors (Lipinski definition) is 2. The topological polar surface area (TPSA) is 15.3 Å². The fourth-order valence-electron chi connectivity index (χ4n) is 3.13. The minimum absolute atomic E-state index is 0.343. The Morgan fingerprint density at radius 2 is 2.06 bits per heavy atom. The van der Waals surface area contributed by atoms with E-state index in [-0.39, 0.29) is 0 Å². The molecule has 1 saturated carbocycles. The van der Waals surface area contributed by atoms with Crippen LogP contribution in [0.1, 0.15) is 25.7 Å². The van der Waals surface area contributed by atoms with Gasteiger partial charge < -0.3 is 10.2 Å². The Balaban J connectivity index is 1.99. The van der Waals surface area contributed by atoms with Crippen molar-refractivity contribution in [1.82, 2.24) is 0 Å². The molecule has 1 heterocycles. The van der Waals surface area contributed by atoms with Crippen molar-refractivity contribution in [1.29, 1.82) is 0 Å². The molecule has 16 heavy (non-hydrogen) atoms. The minimum atomic E-state index is 0.343. The molecule has 0 bridgehead atoms. The summed E-state index contributed by atoms with van der Waals surface area (Å²) in [5.41, 5.74) is 2.95. The predicted molar refractivity (Wildman–Crippen MR) is 72.2 cm³/mol. The first kappa shape index (κ1) is 10.5. The Bertz CT molecular complexity index is 410. The summed E-state index contributed by atoms with van der Waals surface area (Å²) in [5, 5.41) is 3.77. The van der Waals surface area contributed by atoms with E-state index in [2.05, 4.69) is 51.4 Å². The maximum absolute atomic E-state index is 3.77. The van der Waals surface area contributed by atoms with Gasteiger partial charge in [0, 0.05) is 18.1 Å². The van der Waals surface area contributed by atoms with Crippen LogP contribution >= 0.6 is 15.9 Å². The Hall–Kier alpha value is -0.700. The Morgan fingerprint density at radius 3 is 2.81 bits per heavy atom. The van der Waals surface area contributed by atoms with E-state index in [1.54, 1.807) is 0 Å². The maximum Gasteiger partial charge on any atom is 0.0611 e. The summed E-state index contributed by atoms with van der Waals surface area (Å²) < 4.78 is 1.15. The average molecular weight is 281 g/mol. The molecule has 1 aliphatic heterocycles. The van der Waals surface area contributed by atoms with E-state index >= 15 is 0 Å². The fourth-order valence-corrected chi connectivity index (χ4v) is 3.47. The van der Waals surface area contributed by atoms with Crippen LogP contribution in [0.25, 0.3) is 0 Å². The van der Waals surface area contributed by atoms with E-state index in [1.807, 2.05) is 0 Å². The average Bonchev–Trinajstić information content (AvgIpc) is 2.68. The molecule has 1 fully saturated rings. The van der Waals surface area contributed by atoms with Gasteiger partial charge in [0.1, 0.15) is 0 Å². The van der Waals surface area contributed by atoms with Crippen molar-refractivity contribution in [2.24, 2.45) is 0 Å². The second kappa shape index (κ2) is 3.66. The molecule has 1 N–H and O–H groups in total. The van der Waals surface area contributed by atoms with Gasteiger partial charge in [0.25, 0.3) is 0 Å². The van der Waals surface area contributed by atoms with Crippen LogP contribution in [0.3, 0.4) is 0 Å². The number of halogens is 1. The third-order valence-corrected chi connectivity index (χ3v) is 4.36. The van der Waals surface area contributed by atoms with Crippen molar-refractivity contribution < 1.29 is 0 Å². The van der Waals surface area contributed by atoms with Crippen LogP contribution in [0, 0.1) is 0 Å². The van der Waals surface area contributed by atoms with Crippen molar-refractivity contribution in [3.8, 4) is 0 Å². The first-order chi connectivity index (χ1) is 7.69. The molecule has 0 aromatic heterocycles. The predicted octanol–water partition coefficient (Wildman–Crippen LogP) is 3.62. The van der Waals surface area contributed by atoms with E-state index in [1.165, 1.54) is 37.1 Å². The number of benzene rings is 1. The van der Waals surface area contributed by atoms with E-state index in [0.717, 1.165) is 11.0 Å². The zero-order valence-corrected chi connectivity index (χ0v) is 11.2. The van der Waals surface area contributed by atoms with Gasteiger partial charge in [0.2, 0.25) is 0 Å². The summed E-state index contributed by atoms with van der Waals surface area (Å²) in [4.78, 5) is 2.39. The number of rotatable bonds is 0. The Morgan fingerprint density at radius 1 is 1.31 bits per heavy atom. The molecule has 3 heteroatoms. The smallest absolute Gasteiger partial charge is 0.0611 e. The molecular formula is C13H17BrN2. The molecule has 1 aromatic rings.